The summed E-state index contributed by atoms with van der Waals surface area (Å²) in [6, 6.07) is 4.14. The van der Waals surface area contributed by atoms with Crippen molar-refractivity contribution in [3.8, 4) is 0 Å². The van der Waals surface area contributed by atoms with Gasteiger partial charge in [-0.1, -0.05) is 6.42 Å². The molecule has 0 spiro atoms. The Balaban J connectivity index is 1.95. The van der Waals surface area contributed by atoms with E-state index < -0.39 is 0 Å². The van der Waals surface area contributed by atoms with Gasteiger partial charge in [0, 0.05) is 19.3 Å². The Bertz CT molecular complexity index is 370. The molecule has 2 heterocycles. The predicted octanol–water partition coefficient (Wildman–Crippen LogP) is 3.90. The summed E-state index contributed by atoms with van der Waals surface area (Å²) in [5, 5.41) is -0.276. The first-order valence-corrected chi connectivity index (χ1v) is 6.94. The van der Waals surface area contributed by atoms with Gasteiger partial charge in [-0.25, -0.2) is 0 Å². The summed E-state index contributed by atoms with van der Waals surface area (Å²) in [4.78, 5) is 11.7. The predicted molar refractivity (Wildman–Crippen MR) is 68.5 cm³/mol. The molecule has 0 N–H and O–H groups in total. The van der Waals surface area contributed by atoms with Crippen LogP contribution in [0.2, 0.25) is 0 Å². The third kappa shape index (κ3) is 3.88. The second kappa shape index (κ2) is 6.25. The number of furan rings is 1. The molecule has 3 heteroatoms. The summed E-state index contributed by atoms with van der Waals surface area (Å²) < 4.78 is 5.73. The highest BCUT2D eigenvalue weighted by atomic mass is 35.5. The summed E-state index contributed by atoms with van der Waals surface area (Å²) >= 11 is 6.08. The first-order chi connectivity index (χ1) is 8.25. The molecule has 2 nitrogen and oxygen atoms in total. The third-order valence-electron chi connectivity index (χ3n) is 3.29. The highest BCUT2D eigenvalue weighted by Crippen LogP contribution is 2.18. The van der Waals surface area contributed by atoms with Gasteiger partial charge in [0.25, 0.3) is 0 Å². The number of rotatable bonds is 0. The zero-order valence-electron chi connectivity index (χ0n) is 10.1. The van der Waals surface area contributed by atoms with Crippen LogP contribution in [-0.2, 0) is 17.6 Å². The summed E-state index contributed by atoms with van der Waals surface area (Å²) in [5.74, 6) is 2.33. The van der Waals surface area contributed by atoms with E-state index in [0.717, 1.165) is 56.5 Å². The van der Waals surface area contributed by atoms with Gasteiger partial charge in [0.15, 0.2) is 5.78 Å². The largest absolute Gasteiger partial charge is 0.466 e. The van der Waals surface area contributed by atoms with Crippen LogP contribution in [0.15, 0.2) is 16.5 Å². The average molecular weight is 255 g/mol. The Labute approximate surface area is 107 Å². The molecular formula is C14H19ClO2. The molecule has 0 saturated carbocycles. The van der Waals surface area contributed by atoms with Crippen molar-refractivity contribution in [3.63, 3.8) is 0 Å². The number of carbonyl (C=O) groups excluding carboxylic acids is 1. The fourth-order valence-electron chi connectivity index (χ4n) is 2.23. The summed E-state index contributed by atoms with van der Waals surface area (Å²) in [6.07, 6.45) is 7.26. The fraction of sp³-hybridized carbons (Fsp3) is 0.643. The zero-order valence-corrected chi connectivity index (χ0v) is 10.8. The number of fused-ring (bicyclic) bond motifs is 2. The minimum atomic E-state index is -0.276. The lowest BCUT2D eigenvalue weighted by molar-refractivity contribution is -0.119. The molecule has 1 aliphatic rings. The second-order valence-corrected chi connectivity index (χ2v) is 5.28. The lowest BCUT2D eigenvalue weighted by atomic mass is 10.0. The van der Waals surface area contributed by atoms with Crippen LogP contribution >= 0.6 is 11.6 Å². The number of carbonyl (C=O) groups is 1. The van der Waals surface area contributed by atoms with Gasteiger partial charge in [0.2, 0.25) is 0 Å². The maximum absolute atomic E-state index is 11.7. The minimum absolute atomic E-state index is 0.213. The Kier molecular flexibility index (Phi) is 4.66. The molecule has 0 fully saturated rings. The van der Waals surface area contributed by atoms with Crippen LogP contribution in [0.3, 0.4) is 0 Å². The number of Topliss-reactive ketones (excluding diaryl/α,β-unsaturated/α-hetero) is 1. The molecule has 1 unspecified atom stereocenters. The van der Waals surface area contributed by atoms with E-state index in [1.54, 1.807) is 0 Å². The molecule has 1 aromatic rings. The first kappa shape index (κ1) is 12.7. The van der Waals surface area contributed by atoms with Gasteiger partial charge in [-0.2, -0.15) is 0 Å². The van der Waals surface area contributed by atoms with E-state index in [4.69, 9.17) is 16.0 Å². The van der Waals surface area contributed by atoms with E-state index in [0.29, 0.717) is 6.42 Å². The quantitative estimate of drug-likeness (QED) is 0.658. The lowest BCUT2D eigenvalue weighted by Crippen LogP contribution is -2.14. The molecular weight excluding hydrogens is 236 g/mol. The summed E-state index contributed by atoms with van der Waals surface area (Å²) in [6.45, 7) is 0. The second-order valence-electron chi connectivity index (χ2n) is 4.75. The van der Waals surface area contributed by atoms with Crippen LogP contribution in [0.1, 0.15) is 50.0 Å². The molecule has 1 atom stereocenters. The Hall–Kier alpha value is -0.760. The van der Waals surface area contributed by atoms with E-state index in [1.807, 2.05) is 0 Å². The van der Waals surface area contributed by atoms with Crippen LogP contribution in [0.5, 0.6) is 0 Å². The summed E-state index contributed by atoms with van der Waals surface area (Å²) in [5.41, 5.74) is 0. The van der Waals surface area contributed by atoms with Gasteiger partial charge in [0.05, 0.1) is 5.38 Å². The Morgan fingerprint density at radius 1 is 1.00 bits per heavy atom. The molecule has 1 aliphatic heterocycles. The molecule has 0 radical (unpaired) electrons. The number of hydrogen-bond acceptors (Lipinski definition) is 2. The number of aryl methyl sites for hydroxylation is 2. The van der Waals surface area contributed by atoms with Crippen molar-refractivity contribution in [2.75, 3.05) is 0 Å². The SMILES string of the molecule is O=C1CCCCc2ccc(o2)CCCCC1Cl. The number of alkyl halides is 1. The molecule has 2 rings (SSSR count). The van der Waals surface area contributed by atoms with Crippen molar-refractivity contribution in [2.45, 2.75) is 56.7 Å². The number of halogens is 1. The molecule has 1 aromatic heterocycles. The number of hydrogen-bond donors (Lipinski definition) is 0. The van der Waals surface area contributed by atoms with Crippen molar-refractivity contribution in [3.05, 3.63) is 23.7 Å². The molecule has 0 aromatic carbocycles. The van der Waals surface area contributed by atoms with E-state index in [2.05, 4.69) is 12.1 Å². The standard InChI is InChI=1S/C14H19ClO2/c15-13-7-3-1-5-11-9-10-12(17-11)6-2-4-8-14(13)16/h9-10,13H,1-8H2. The Morgan fingerprint density at radius 3 is 2.29 bits per heavy atom. The topological polar surface area (TPSA) is 30.2 Å². The zero-order chi connectivity index (χ0) is 12.1. The highest BCUT2D eigenvalue weighted by Gasteiger charge is 2.15. The number of ketones is 1. The summed E-state index contributed by atoms with van der Waals surface area (Å²) in [7, 11) is 0. The van der Waals surface area contributed by atoms with E-state index in [9.17, 15) is 4.79 Å². The molecule has 0 saturated heterocycles. The van der Waals surface area contributed by atoms with Crippen LogP contribution < -0.4 is 0 Å². The third-order valence-corrected chi connectivity index (χ3v) is 3.76. The van der Waals surface area contributed by atoms with Crippen molar-refractivity contribution in [1.82, 2.24) is 0 Å². The van der Waals surface area contributed by atoms with Crippen LogP contribution in [-0.4, -0.2) is 11.2 Å². The monoisotopic (exact) mass is 254 g/mol. The lowest BCUT2D eigenvalue weighted by Gasteiger charge is -2.07. The molecule has 94 valence electrons. The fourth-order valence-corrected chi connectivity index (χ4v) is 2.49. The maximum atomic E-state index is 11.7. The van der Waals surface area contributed by atoms with Crippen molar-refractivity contribution < 1.29 is 9.21 Å². The van der Waals surface area contributed by atoms with E-state index in [1.165, 1.54) is 0 Å². The minimum Gasteiger partial charge on any atom is -0.466 e. The van der Waals surface area contributed by atoms with E-state index in [-0.39, 0.29) is 11.2 Å². The normalized spacial score (nSPS) is 23.6. The van der Waals surface area contributed by atoms with Gasteiger partial charge in [-0.3, -0.25) is 4.79 Å². The highest BCUT2D eigenvalue weighted by molar-refractivity contribution is 6.31. The van der Waals surface area contributed by atoms with Crippen molar-refractivity contribution >= 4 is 17.4 Å². The van der Waals surface area contributed by atoms with Crippen LogP contribution in [0.4, 0.5) is 0 Å². The average Bonchev–Trinajstić information content (AvgIpc) is 2.77. The Morgan fingerprint density at radius 2 is 1.59 bits per heavy atom. The van der Waals surface area contributed by atoms with Crippen LogP contribution in [0.25, 0.3) is 0 Å². The van der Waals surface area contributed by atoms with Gasteiger partial charge in [-0.05, 0) is 37.8 Å². The van der Waals surface area contributed by atoms with Gasteiger partial charge in [0.1, 0.15) is 11.5 Å². The van der Waals surface area contributed by atoms with Crippen molar-refractivity contribution in [2.24, 2.45) is 0 Å². The maximum Gasteiger partial charge on any atom is 0.150 e. The van der Waals surface area contributed by atoms with Gasteiger partial charge >= 0.3 is 0 Å². The van der Waals surface area contributed by atoms with Crippen LogP contribution in [0, 0.1) is 0 Å². The first-order valence-electron chi connectivity index (χ1n) is 6.50. The molecule has 2 bridgehead atoms. The smallest absolute Gasteiger partial charge is 0.150 e. The molecule has 17 heavy (non-hydrogen) atoms. The molecule has 0 amide bonds. The van der Waals surface area contributed by atoms with Crippen molar-refractivity contribution in [1.29, 1.82) is 0 Å². The molecule has 0 aliphatic carbocycles. The van der Waals surface area contributed by atoms with Gasteiger partial charge < -0.3 is 4.42 Å². The van der Waals surface area contributed by atoms with E-state index >= 15 is 0 Å². The van der Waals surface area contributed by atoms with Gasteiger partial charge in [-0.15, -0.1) is 11.6 Å².